The lowest BCUT2D eigenvalue weighted by Gasteiger charge is -2.21. The van der Waals surface area contributed by atoms with E-state index in [2.05, 4.69) is 10.4 Å². The first kappa shape index (κ1) is 21.5. The average Bonchev–Trinajstić information content (AvgIpc) is 3.41. The molecule has 0 bridgehead atoms. The smallest absolute Gasteiger partial charge is 0.269 e. The van der Waals surface area contributed by atoms with Crippen LogP contribution in [0.15, 0.2) is 59.0 Å². The van der Waals surface area contributed by atoms with Crippen molar-refractivity contribution in [3.8, 4) is 22.8 Å². The highest BCUT2D eigenvalue weighted by molar-refractivity contribution is 5.94. The van der Waals surface area contributed by atoms with Crippen LogP contribution in [0.1, 0.15) is 23.2 Å². The van der Waals surface area contributed by atoms with Crippen LogP contribution in [-0.4, -0.2) is 41.6 Å². The Kier molecular flexibility index (Phi) is 5.63. The molecule has 1 atom stereocenters. The number of para-hydroxylation sites is 1. The summed E-state index contributed by atoms with van der Waals surface area (Å²) in [7, 11) is 4.83. The maximum atomic E-state index is 12.9. The van der Waals surface area contributed by atoms with Crippen LogP contribution in [0.3, 0.4) is 0 Å². The highest BCUT2D eigenvalue weighted by atomic mass is 16.5. The molecule has 2 aromatic heterocycles. The van der Waals surface area contributed by atoms with Crippen LogP contribution in [0.4, 0.5) is 0 Å². The second kappa shape index (κ2) is 8.39. The first-order valence-corrected chi connectivity index (χ1v) is 10.1. The van der Waals surface area contributed by atoms with Crippen molar-refractivity contribution in [1.29, 1.82) is 0 Å². The normalized spacial score (nSPS) is 13.0. The first-order valence-electron chi connectivity index (χ1n) is 10.1. The number of benzene rings is 2. The highest BCUT2D eigenvalue weighted by Crippen LogP contribution is 2.33. The van der Waals surface area contributed by atoms with Gasteiger partial charge in [0.25, 0.3) is 5.91 Å². The lowest BCUT2D eigenvalue weighted by atomic mass is 10.0. The van der Waals surface area contributed by atoms with Crippen LogP contribution in [0.2, 0.25) is 0 Å². The van der Waals surface area contributed by atoms with Crippen molar-refractivity contribution < 1.29 is 23.8 Å². The second-order valence-electron chi connectivity index (χ2n) is 7.71. The number of ether oxygens (including phenoxy) is 2. The van der Waals surface area contributed by atoms with Crippen LogP contribution in [0, 0.1) is 0 Å². The summed E-state index contributed by atoms with van der Waals surface area (Å²) >= 11 is 0. The van der Waals surface area contributed by atoms with Crippen molar-refractivity contribution >= 4 is 16.9 Å². The number of hydrogen-bond acceptors (Lipinski definition) is 6. The molecule has 0 radical (unpaired) electrons. The van der Waals surface area contributed by atoms with Crippen molar-refractivity contribution in [2.75, 3.05) is 20.8 Å². The fourth-order valence-electron chi connectivity index (χ4n) is 3.50. The number of hydrogen-bond donors (Lipinski definition) is 2. The van der Waals surface area contributed by atoms with Gasteiger partial charge in [0.15, 0.2) is 0 Å². The molecule has 166 valence electrons. The van der Waals surface area contributed by atoms with E-state index >= 15 is 0 Å². The lowest BCUT2D eigenvalue weighted by molar-refractivity contribution is 0.0343. The largest absolute Gasteiger partial charge is 0.497 e. The van der Waals surface area contributed by atoms with E-state index in [-0.39, 0.29) is 12.5 Å². The summed E-state index contributed by atoms with van der Waals surface area (Å²) in [5, 5.41) is 19.0. The zero-order valence-electron chi connectivity index (χ0n) is 18.4. The second-order valence-corrected chi connectivity index (χ2v) is 7.71. The third-order valence-corrected chi connectivity index (χ3v) is 5.34. The Hall–Kier alpha value is -3.78. The zero-order valence-corrected chi connectivity index (χ0v) is 18.4. The molecule has 0 fully saturated rings. The maximum Gasteiger partial charge on any atom is 0.269 e. The minimum absolute atomic E-state index is 0.0331. The molecule has 32 heavy (non-hydrogen) atoms. The van der Waals surface area contributed by atoms with Gasteiger partial charge in [-0.15, -0.1) is 0 Å². The van der Waals surface area contributed by atoms with Crippen LogP contribution < -0.4 is 14.8 Å². The van der Waals surface area contributed by atoms with Gasteiger partial charge in [-0.2, -0.15) is 5.10 Å². The van der Waals surface area contributed by atoms with Gasteiger partial charge < -0.3 is 24.3 Å². The first-order chi connectivity index (χ1) is 15.3. The summed E-state index contributed by atoms with van der Waals surface area (Å²) in [6, 6.07) is 16.3. The molecule has 2 aromatic carbocycles. The molecule has 0 aliphatic carbocycles. The summed E-state index contributed by atoms with van der Waals surface area (Å²) in [5.41, 5.74) is 0.905. The van der Waals surface area contributed by atoms with Crippen LogP contribution in [0.5, 0.6) is 11.5 Å². The Morgan fingerprint density at radius 1 is 1.16 bits per heavy atom. The molecule has 2 N–H and O–H groups in total. The minimum Gasteiger partial charge on any atom is -0.497 e. The zero-order chi connectivity index (χ0) is 22.9. The molecule has 4 rings (SSSR count). The Bertz CT molecular complexity index is 1240. The number of aliphatic hydroxyl groups is 1. The number of furan rings is 1. The van der Waals surface area contributed by atoms with Gasteiger partial charge in [0.05, 0.1) is 26.5 Å². The van der Waals surface area contributed by atoms with Gasteiger partial charge in [0, 0.05) is 18.0 Å². The van der Waals surface area contributed by atoms with E-state index in [0.717, 1.165) is 5.39 Å². The van der Waals surface area contributed by atoms with Crippen LogP contribution in [-0.2, 0) is 12.6 Å². The minimum atomic E-state index is -1.38. The van der Waals surface area contributed by atoms with E-state index in [0.29, 0.717) is 39.8 Å². The quantitative estimate of drug-likeness (QED) is 0.461. The number of aryl methyl sites for hydroxylation is 1. The highest BCUT2D eigenvalue weighted by Gasteiger charge is 2.29. The van der Waals surface area contributed by atoms with E-state index in [9.17, 15) is 9.90 Å². The van der Waals surface area contributed by atoms with E-state index in [4.69, 9.17) is 13.9 Å². The average molecular weight is 435 g/mol. The molecule has 1 amide bonds. The SMILES string of the molecule is COc1ccc(OC)c(-c2cc(C(=O)NCC(C)(O)c3cc4ccccc4o3)n(C)n2)c1. The Labute approximate surface area is 185 Å². The number of nitrogens with zero attached hydrogens (tertiary/aromatic N) is 2. The molecule has 0 aliphatic heterocycles. The summed E-state index contributed by atoms with van der Waals surface area (Å²) in [4.78, 5) is 12.9. The van der Waals surface area contributed by atoms with Gasteiger partial charge in [-0.25, -0.2) is 0 Å². The molecule has 4 aromatic rings. The fraction of sp³-hybridized carbons (Fsp3) is 0.250. The molecular formula is C24H25N3O5. The van der Waals surface area contributed by atoms with Gasteiger partial charge >= 0.3 is 0 Å². The van der Waals surface area contributed by atoms with Crippen molar-refractivity contribution in [2.45, 2.75) is 12.5 Å². The number of amides is 1. The van der Waals surface area contributed by atoms with Gasteiger partial charge in [-0.1, -0.05) is 18.2 Å². The number of nitrogens with one attached hydrogen (secondary N) is 1. The summed E-state index contributed by atoms with van der Waals surface area (Å²) in [6.07, 6.45) is 0. The van der Waals surface area contributed by atoms with E-state index in [1.165, 1.54) is 4.68 Å². The van der Waals surface area contributed by atoms with Crippen molar-refractivity contribution in [3.05, 3.63) is 66.1 Å². The molecule has 8 nitrogen and oxygen atoms in total. The third kappa shape index (κ3) is 4.04. The van der Waals surface area contributed by atoms with Crippen LogP contribution >= 0.6 is 0 Å². The molecule has 2 heterocycles. The summed E-state index contributed by atoms with van der Waals surface area (Å²) in [5.74, 6) is 1.28. The molecule has 0 spiro atoms. The Morgan fingerprint density at radius 3 is 2.66 bits per heavy atom. The van der Waals surface area contributed by atoms with Crippen molar-refractivity contribution in [2.24, 2.45) is 7.05 Å². The number of aromatic nitrogens is 2. The van der Waals surface area contributed by atoms with Crippen molar-refractivity contribution in [3.63, 3.8) is 0 Å². The lowest BCUT2D eigenvalue weighted by Crippen LogP contribution is -2.39. The molecule has 8 heteroatoms. The number of carbonyl (C=O) groups is 1. The molecule has 0 saturated heterocycles. The topological polar surface area (TPSA) is 98.8 Å². The van der Waals surface area contributed by atoms with Gasteiger partial charge in [-0.3, -0.25) is 9.48 Å². The third-order valence-electron chi connectivity index (χ3n) is 5.34. The number of methoxy groups -OCH3 is 2. The Morgan fingerprint density at radius 2 is 1.94 bits per heavy atom. The standard InChI is InChI=1S/C24H25N3O5/c1-24(29,22-11-15-7-5-6-8-20(15)32-22)14-25-23(28)19-13-18(26-27(19)2)17-12-16(30-3)9-10-21(17)31-4/h5-13,29H,14H2,1-4H3,(H,25,28). The van der Waals surface area contributed by atoms with Crippen LogP contribution in [0.25, 0.3) is 22.2 Å². The summed E-state index contributed by atoms with van der Waals surface area (Å²) in [6.45, 7) is 1.56. The van der Waals surface area contributed by atoms with Gasteiger partial charge in [-0.05, 0) is 43.3 Å². The van der Waals surface area contributed by atoms with E-state index in [1.807, 2.05) is 24.3 Å². The van der Waals surface area contributed by atoms with Gasteiger partial charge in [0.2, 0.25) is 0 Å². The summed E-state index contributed by atoms with van der Waals surface area (Å²) < 4.78 is 18.0. The fourth-order valence-corrected chi connectivity index (χ4v) is 3.50. The predicted molar refractivity (Wildman–Crippen MR) is 120 cm³/mol. The molecule has 0 aliphatic rings. The van der Waals surface area contributed by atoms with E-state index in [1.54, 1.807) is 58.5 Å². The van der Waals surface area contributed by atoms with E-state index < -0.39 is 5.60 Å². The number of rotatable bonds is 7. The monoisotopic (exact) mass is 435 g/mol. The number of fused-ring (bicyclic) bond motifs is 1. The molecular weight excluding hydrogens is 410 g/mol. The number of carbonyl (C=O) groups excluding carboxylic acids is 1. The predicted octanol–water partition coefficient (Wildman–Crippen LogP) is 3.49. The maximum absolute atomic E-state index is 12.9. The van der Waals surface area contributed by atoms with Gasteiger partial charge in [0.1, 0.15) is 34.1 Å². The molecule has 0 saturated carbocycles. The molecule has 1 unspecified atom stereocenters. The Balaban J connectivity index is 1.54. The van der Waals surface area contributed by atoms with Crippen molar-refractivity contribution in [1.82, 2.24) is 15.1 Å².